The first-order valence-electron chi connectivity index (χ1n) is 3.95. The van der Waals surface area contributed by atoms with Gasteiger partial charge >= 0.3 is 12.1 Å². The van der Waals surface area contributed by atoms with Crippen molar-refractivity contribution in [3.05, 3.63) is 29.3 Å². The largest absolute Gasteiger partial charge is 0.480 e. The molecule has 1 aromatic heterocycles. The number of aromatic nitrogens is 1. The molecule has 1 aromatic rings. The average molecular weight is 238 g/mol. The lowest BCUT2D eigenvalue weighted by Gasteiger charge is -2.12. The molecule has 4 nitrogen and oxygen atoms in total. The van der Waals surface area contributed by atoms with Crippen molar-refractivity contribution in [3.8, 4) is 0 Å². The highest BCUT2D eigenvalue weighted by atomic mass is 19.4. The van der Waals surface area contributed by atoms with Crippen LogP contribution in [0.1, 0.15) is 17.3 Å². The molecule has 0 bridgehead atoms. The minimum Gasteiger partial charge on any atom is -0.480 e. The molecule has 88 valence electrons. The molecule has 1 rings (SSSR count). The Bertz CT molecular complexity index is 419. The van der Waals surface area contributed by atoms with Gasteiger partial charge in [0, 0.05) is 11.8 Å². The zero-order chi connectivity index (χ0) is 12.5. The highest BCUT2D eigenvalue weighted by molar-refractivity contribution is 5.75. The lowest BCUT2D eigenvalue weighted by atomic mass is 10.1. The normalized spacial score (nSPS) is 13.6. The topological polar surface area (TPSA) is 76.2 Å². The van der Waals surface area contributed by atoms with Crippen molar-refractivity contribution in [2.75, 3.05) is 0 Å². The van der Waals surface area contributed by atoms with Crippen LogP contribution in [0.2, 0.25) is 0 Å². The predicted octanol–water partition coefficient (Wildman–Crippen LogP) is 1.32. The molecule has 8 heteroatoms. The Morgan fingerprint density at radius 3 is 2.50 bits per heavy atom. The molecule has 0 amide bonds. The molecule has 0 saturated heterocycles. The van der Waals surface area contributed by atoms with E-state index in [1.807, 2.05) is 0 Å². The number of pyridine rings is 1. The van der Waals surface area contributed by atoms with Gasteiger partial charge in [-0.3, -0.25) is 4.79 Å². The number of hydrogen-bond acceptors (Lipinski definition) is 3. The van der Waals surface area contributed by atoms with E-state index in [9.17, 15) is 22.4 Å². The number of rotatable bonds is 2. The monoisotopic (exact) mass is 238 g/mol. The third kappa shape index (κ3) is 2.27. The van der Waals surface area contributed by atoms with Crippen LogP contribution in [0.25, 0.3) is 0 Å². The van der Waals surface area contributed by atoms with Crippen LogP contribution in [0, 0.1) is 5.82 Å². The summed E-state index contributed by atoms with van der Waals surface area (Å²) < 4.78 is 49.9. The van der Waals surface area contributed by atoms with Crippen LogP contribution in [-0.4, -0.2) is 16.1 Å². The van der Waals surface area contributed by atoms with Crippen LogP contribution in [0.4, 0.5) is 17.6 Å². The highest BCUT2D eigenvalue weighted by Crippen LogP contribution is 2.31. The quantitative estimate of drug-likeness (QED) is 0.762. The summed E-state index contributed by atoms with van der Waals surface area (Å²) >= 11 is 0. The number of hydrogen-bond donors (Lipinski definition) is 2. The molecule has 1 heterocycles. The van der Waals surface area contributed by atoms with Crippen molar-refractivity contribution < 1.29 is 27.5 Å². The maximum atomic E-state index is 13.3. The molecule has 0 aliphatic carbocycles. The van der Waals surface area contributed by atoms with E-state index in [4.69, 9.17) is 10.8 Å². The molecular formula is C8H6F4N2O2. The molecule has 16 heavy (non-hydrogen) atoms. The van der Waals surface area contributed by atoms with E-state index in [2.05, 4.69) is 4.98 Å². The van der Waals surface area contributed by atoms with Gasteiger partial charge in [0.15, 0.2) is 11.5 Å². The second-order valence-electron chi connectivity index (χ2n) is 2.88. The first-order valence-corrected chi connectivity index (χ1v) is 3.95. The maximum Gasteiger partial charge on any atom is 0.436 e. The van der Waals surface area contributed by atoms with E-state index in [1.54, 1.807) is 0 Å². The fourth-order valence-corrected chi connectivity index (χ4v) is 1.03. The number of halogens is 4. The average Bonchev–Trinajstić information content (AvgIpc) is 2.15. The van der Waals surface area contributed by atoms with Crippen LogP contribution in [0.15, 0.2) is 12.3 Å². The van der Waals surface area contributed by atoms with Gasteiger partial charge < -0.3 is 10.8 Å². The molecule has 0 spiro atoms. The number of nitrogens with zero attached hydrogens (tertiary/aromatic N) is 1. The Balaban J connectivity index is 3.30. The molecule has 0 aromatic carbocycles. The summed E-state index contributed by atoms with van der Waals surface area (Å²) in [6.45, 7) is 0. The first-order chi connectivity index (χ1) is 7.25. The van der Waals surface area contributed by atoms with E-state index in [1.165, 1.54) is 0 Å². The number of alkyl halides is 3. The second kappa shape index (κ2) is 4.05. The van der Waals surface area contributed by atoms with Crippen LogP contribution < -0.4 is 5.73 Å². The molecule has 0 radical (unpaired) electrons. The standard InChI is InChI=1S/C8H6F4N2O2/c9-4-3(5(13)7(15)16)1-2-14-6(4)8(10,11)12/h1-2,5H,13H2,(H,15,16)/t5-/m1/s1. The Hall–Kier alpha value is -1.70. The SMILES string of the molecule is N[C@@H](C(=O)O)c1ccnc(C(F)(F)F)c1F. The van der Waals surface area contributed by atoms with Gasteiger partial charge in [-0.1, -0.05) is 0 Å². The van der Waals surface area contributed by atoms with Gasteiger partial charge in [-0.15, -0.1) is 0 Å². The van der Waals surface area contributed by atoms with Crippen molar-refractivity contribution in [3.63, 3.8) is 0 Å². The fourth-order valence-electron chi connectivity index (χ4n) is 1.03. The zero-order valence-corrected chi connectivity index (χ0v) is 7.62. The fraction of sp³-hybridized carbons (Fsp3) is 0.250. The summed E-state index contributed by atoms with van der Waals surface area (Å²) in [6, 6.07) is -1.06. The van der Waals surface area contributed by atoms with E-state index in [0.717, 1.165) is 6.07 Å². The molecule has 3 N–H and O–H groups in total. The van der Waals surface area contributed by atoms with Crippen LogP contribution in [0.3, 0.4) is 0 Å². The van der Waals surface area contributed by atoms with Gasteiger partial charge in [0.05, 0.1) is 0 Å². The minimum absolute atomic E-state index is 0.657. The van der Waals surface area contributed by atoms with Crippen molar-refractivity contribution in [2.45, 2.75) is 12.2 Å². The van der Waals surface area contributed by atoms with Gasteiger partial charge in [-0.05, 0) is 6.07 Å². The number of carboxylic acid groups (broad SMARTS) is 1. The molecule has 1 atom stereocenters. The van der Waals surface area contributed by atoms with Gasteiger partial charge in [-0.25, -0.2) is 9.37 Å². The van der Waals surface area contributed by atoms with E-state index < -0.39 is 35.3 Å². The molecule has 0 aliphatic rings. The van der Waals surface area contributed by atoms with Gasteiger partial charge in [0.25, 0.3) is 0 Å². The molecular weight excluding hydrogens is 232 g/mol. The summed E-state index contributed by atoms with van der Waals surface area (Å²) in [5, 5.41) is 8.46. The molecule has 0 unspecified atom stereocenters. The predicted molar refractivity (Wildman–Crippen MR) is 43.8 cm³/mol. The van der Waals surface area contributed by atoms with Gasteiger partial charge in [0.1, 0.15) is 6.04 Å². The Labute approximate surface area is 86.7 Å². The lowest BCUT2D eigenvalue weighted by molar-refractivity contribution is -0.144. The van der Waals surface area contributed by atoms with Gasteiger partial charge in [0.2, 0.25) is 0 Å². The molecule has 0 aliphatic heterocycles. The summed E-state index contributed by atoms with van der Waals surface area (Å²) in [7, 11) is 0. The lowest BCUT2D eigenvalue weighted by Crippen LogP contribution is -2.24. The second-order valence-corrected chi connectivity index (χ2v) is 2.88. The van der Waals surface area contributed by atoms with Crippen molar-refractivity contribution >= 4 is 5.97 Å². The Kier molecular flexibility index (Phi) is 3.13. The molecule has 0 fully saturated rings. The zero-order valence-electron chi connectivity index (χ0n) is 7.62. The highest BCUT2D eigenvalue weighted by Gasteiger charge is 2.38. The van der Waals surface area contributed by atoms with Crippen LogP contribution >= 0.6 is 0 Å². The van der Waals surface area contributed by atoms with Crippen molar-refractivity contribution in [1.82, 2.24) is 4.98 Å². The number of carbonyl (C=O) groups is 1. The van der Waals surface area contributed by atoms with Crippen LogP contribution in [-0.2, 0) is 11.0 Å². The maximum absolute atomic E-state index is 13.3. The first kappa shape index (κ1) is 12.4. The summed E-state index contributed by atoms with van der Waals surface area (Å²) in [5.74, 6) is -3.39. The van der Waals surface area contributed by atoms with Crippen LogP contribution in [0.5, 0.6) is 0 Å². The van der Waals surface area contributed by atoms with E-state index in [0.29, 0.717) is 6.20 Å². The number of carboxylic acids is 1. The minimum atomic E-state index is -4.99. The third-order valence-electron chi connectivity index (χ3n) is 1.79. The summed E-state index contributed by atoms with van der Waals surface area (Å²) in [5.41, 5.74) is 2.49. The Morgan fingerprint density at radius 2 is 2.06 bits per heavy atom. The number of nitrogens with two attached hydrogens (primary N) is 1. The summed E-state index contributed by atoms with van der Waals surface area (Å²) in [6.07, 6.45) is -4.33. The van der Waals surface area contributed by atoms with E-state index in [-0.39, 0.29) is 0 Å². The van der Waals surface area contributed by atoms with E-state index >= 15 is 0 Å². The van der Waals surface area contributed by atoms with Crippen molar-refractivity contribution in [1.29, 1.82) is 0 Å². The van der Waals surface area contributed by atoms with Crippen molar-refractivity contribution in [2.24, 2.45) is 5.73 Å². The Morgan fingerprint density at radius 1 is 1.50 bits per heavy atom. The molecule has 0 saturated carbocycles. The van der Waals surface area contributed by atoms with Gasteiger partial charge in [-0.2, -0.15) is 13.2 Å². The third-order valence-corrected chi connectivity index (χ3v) is 1.79. The summed E-state index contributed by atoms with van der Waals surface area (Å²) in [4.78, 5) is 13.2. The smallest absolute Gasteiger partial charge is 0.436 e. The number of aliphatic carboxylic acids is 1.